The molecule has 114 valence electrons. The number of ether oxygens (including phenoxy) is 1. The molecule has 3 fully saturated rings. The van der Waals surface area contributed by atoms with Crippen molar-refractivity contribution in [3.63, 3.8) is 0 Å². The maximum absolute atomic E-state index is 6.15. The second-order valence-electron chi connectivity index (χ2n) is 6.66. The minimum atomic E-state index is 0.235. The molecule has 0 aromatic carbocycles. The molecular formula is C15H27N3OS. The quantitative estimate of drug-likeness (QED) is 0.797. The Labute approximate surface area is 127 Å². The number of nitrogens with two attached hydrogens (primary N) is 1. The summed E-state index contributed by atoms with van der Waals surface area (Å²) in [6, 6.07) is 0.730. The average molecular weight is 297 g/mol. The Morgan fingerprint density at radius 3 is 2.55 bits per heavy atom. The highest BCUT2D eigenvalue weighted by Gasteiger charge is 2.41. The molecule has 2 N–H and O–H groups in total. The molecule has 4 nitrogen and oxygen atoms in total. The van der Waals surface area contributed by atoms with Gasteiger partial charge in [-0.25, -0.2) is 0 Å². The van der Waals surface area contributed by atoms with Crippen molar-refractivity contribution in [2.24, 2.45) is 5.73 Å². The van der Waals surface area contributed by atoms with Gasteiger partial charge in [-0.05, 0) is 25.7 Å². The Morgan fingerprint density at radius 2 is 1.90 bits per heavy atom. The smallest absolute Gasteiger partial charge is 0.0870 e. The van der Waals surface area contributed by atoms with E-state index in [1.54, 1.807) is 0 Å². The number of piperazine rings is 1. The predicted molar refractivity (Wildman–Crippen MR) is 85.0 cm³/mol. The fourth-order valence-electron chi connectivity index (χ4n) is 4.19. The summed E-state index contributed by atoms with van der Waals surface area (Å²) in [6.07, 6.45) is 7.73. The van der Waals surface area contributed by atoms with E-state index in [4.69, 9.17) is 22.7 Å². The average Bonchev–Trinajstić information content (AvgIpc) is 2.87. The van der Waals surface area contributed by atoms with Gasteiger partial charge in [-0.3, -0.25) is 9.80 Å². The number of hydrogen-bond acceptors (Lipinski definition) is 4. The van der Waals surface area contributed by atoms with Gasteiger partial charge in [-0.2, -0.15) is 0 Å². The summed E-state index contributed by atoms with van der Waals surface area (Å²) in [4.78, 5) is 5.68. The molecule has 3 aliphatic rings. The maximum Gasteiger partial charge on any atom is 0.0870 e. The van der Waals surface area contributed by atoms with E-state index in [-0.39, 0.29) is 5.60 Å². The van der Waals surface area contributed by atoms with Crippen molar-refractivity contribution in [3.05, 3.63) is 0 Å². The summed E-state index contributed by atoms with van der Waals surface area (Å²) < 4.78 is 6.15. The highest BCUT2D eigenvalue weighted by Crippen LogP contribution is 2.41. The maximum atomic E-state index is 6.15. The number of hydrogen-bond donors (Lipinski definition) is 1. The molecule has 1 aliphatic carbocycles. The zero-order valence-electron chi connectivity index (χ0n) is 12.4. The summed E-state index contributed by atoms with van der Waals surface area (Å²) in [6.45, 7) is 6.24. The van der Waals surface area contributed by atoms with Gasteiger partial charge in [0, 0.05) is 45.4 Å². The molecule has 1 spiro atoms. The zero-order chi connectivity index (χ0) is 14.0. The Hall–Kier alpha value is -0.230. The fraction of sp³-hybridized carbons (Fsp3) is 0.933. The van der Waals surface area contributed by atoms with Crippen molar-refractivity contribution in [3.8, 4) is 0 Å². The van der Waals surface area contributed by atoms with Crippen LogP contribution in [0.2, 0.25) is 0 Å². The second kappa shape index (κ2) is 6.26. The van der Waals surface area contributed by atoms with Gasteiger partial charge >= 0.3 is 0 Å². The third-order valence-electron chi connectivity index (χ3n) is 5.28. The third kappa shape index (κ3) is 3.32. The Kier molecular flexibility index (Phi) is 4.60. The van der Waals surface area contributed by atoms with E-state index >= 15 is 0 Å². The topological polar surface area (TPSA) is 41.7 Å². The van der Waals surface area contributed by atoms with Crippen molar-refractivity contribution in [2.75, 3.05) is 39.3 Å². The van der Waals surface area contributed by atoms with Crippen LogP contribution in [0.15, 0.2) is 0 Å². The molecule has 1 unspecified atom stereocenters. The molecule has 2 saturated heterocycles. The summed E-state index contributed by atoms with van der Waals surface area (Å²) in [5.41, 5.74) is 5.87. The van der Waals surface area contributed by atoms with Crippen LogP contribution in [0.5, 0.6) is 0 Å². The van der Waals surface area contributed by atoms with Crippen LogP contribution in [-0.2, 0) is 4.74 Å². The normalized spacial score (nSPS) is 31.7. The van der Waals surface area contributed by atoms with E-state index in [2.05, 4.69) is 9.80 Å². The molecular weight excluding hydrogens is 270 g/mol. The van der Waals surface area contributed by atoms with Crippen molar-refractivity contribution in [1.29, 1.82) is 0 Å². The number of rotatable bonds is 3. The fourth-order valence-corrected chi connectivity index (χ4v) is 4.37. The lowest BCUT2D eigenvalue weighted by atomic mass is 9.88. The van der Waals surface area contributed by atoms with Gasteiger partial charge in [0.1, 0.15) is 0 Å². The first-order valence-corrected chi connectivity index (χ1v) is 8.46. The molecule has 2 aliphatic heterocycles. The molecule has 5 heteroatoms. The van der Waals surface area contributed by atoms with E-state index in [1.165, 1.54) is 38.5 Å². The number of thiocarbonyl (C=S) groups is 1. The summed E-state index contributed by atoms with van der Waals surface area (Å²) in [5, 5.41) is 0. The molecule has 0 aromatic heterocycles. The van der Waals surface area contributed by atoms with E-state index in [0.29, 0.717) is 4.99 Å². The molecule has 20 heavy (non-hydrogen) atoms. The summed E-state index contributed by atoms with van der Waals surface area (Å²) >= 11 is 5.01. The molecule has 2 heterocycles. The van der Waals surface area contributed by atoms with Crippen LogP contribution in [0.25, 0.3) is 0 Å². The van der Waals surface area contributed by atoms with Gasteiger partial charge in [0.05, 0.1) is 10.6 Å². The summed E-state index contributed by atoms with van der Waals surface area (Å²) in [5.74, 6) is 0. The summed E-state index contributed by atoms with van der Waals surface area (Å²) in [7, 11) is 0. The standard InChI is InChI=1S/C15H27N3OS/c16-14(20)12-17-6-8-18(9-7-17)13-3-10-19-15(11-13)4-1-2-5-15/h13H,1-12H2,(H2,16,20). The first-order chi connectivity index (χ1) is 9.67. The first kappa shape index (κ1) is 14.7. The number of nitrogens with zero attached hydrogens (tertiary/aromatic N) is 2. The highest BCUT2D eigenvalue weighted by molar-refractivity contribution is 7.80. The molecule has 1 saturated carbocycles. The Morgan fingerprint density at radius 1 is 1.20 bits per heavy atom. The van der Waals surface area contributed by atoms with Crippen LogP contribution < -0.4 is 5.73 Å². The van der Waals surface area contributed by atoms with Gasteiger partial charge in [0.25, 0.3) is 0 Å². The van der Waals surface area contributed by atoms with Gasteiger partial charge < -0.3 is 10.5 Å². The third-order valence-corrected chi connectivity index (χ3v) is 5.41. The minimum Gasteiger partial charge on any atom is -0.392 e. The van der Waals surface area contributed by atoms with Crippen LogP contribution in [-0.4, -0.2) is 65.8 Å². The lowest BCUT2D eigenvalue weighted by molar-refractivity contribution is -0.105. The van der Waals surface area contributed by atoms with Crippen LogP contribution >= 0.6 is 12.2 Å². The van der Waals surface area contributed by atoms with E-state index in [1.807, 2.05) is 0 Å². The van der Waals surface area contributed by atoms with Crippen LogP contribution in [0.1, 0.15) is 38.5 Å². The first-order valence-electron chi connectivity index (χ1n) is 8.06. The van der Waals surface area contributed by atoms with Crippen molar-refractivity contribution < 1.29 is 4.74 Å². The van der Waals surface area contributed by atoms with Crippen LogP contribution in [0, 0.1) is 0 Å². The van der Waals surface area contributed by atoms with E-state index < -0.39 is 0 Å². The monoisotopic (exact) mass is 297 g/mol. The molecule has 3 rings (SSSR count). The van der Waals surface area contributed by atoms with E-state index in [0.717, 1.165) is 45.4 Å². The molecule has 0 amide bonds. The lowest BCUT2D eigenvalue weighted by Gasteiger charge is -2.45. The zero-order valence-corrected chi connectivity index (χ0v) is 13.2. The van der Waals surface area contributed by atoms with Crippen molar-refractivity contribution in [2.45, 2.75) is 50.2 Å². The Balaban J connectivity index is 1.51. The van der Waals surface area contributed by atoms with Crippen molar-refractivity contribution >= 4 is 17.2 Å². The molecule has 1 atom stereocenters. The highest BCUT2D eigenvalue weighted by atomic mass is 32.1. The minimum absolute atomic E-state index is 0.235. The van der Waals surface area contributed by atoms with Gasteiger partial charge in [0.2, 0.25) is 0 Å². The lowest BCUT2D eigenvalue weighted by Crippen LogP contribution is -2.55. The second-order valence-corrected chi connectivity index (χ2v) is 7.19. The van der Waals surface area contributed by atoms with Gasteiger partial charge in [-0.15, -0.1) is 0 Å². The van der Waals surface area contributed by atoms with Crippen LogP contribution in [0.4, 0.5) is 0 Å². The van der Waals surface area contributed by atoms with Crippen molar-refractivity contribution in [1.82, 2.24) is 9.80 Å². The Bertz CT molecular complexity index is 349. The SMILES string of the molecule is NC(=S)CN1CCN(C2CCOC3(CCCC3)C2)CC1. The van der Waals surface area contributed by atoms with E-state index in [9.17, 15) is 0 Å². The molecule has 0 radical (unpaired) electrons. The predicted octanol–water partition coefficient (Wildman–Crippen LogP) is 1.38. The largest absolute Gasteiger partial charge is 0.392 e. The molecule has 0 aromatic rings. The van der Waals surface area contributed by atoms with Gasteiger partial charge in [0.15, 0.2) is 0 Å². The van der Waals surface area contributed by atoms with Gasteiger partial charge in [-0.1, -0.05) is 25.1 Å². The molecule has 0 bridgehead atoms. The van der Waals surface area contributed by atoms with Crippen LogP contribution in [0.3, 0.4) is 0 Å².